The molecule has 2 N–H and O–H groups in total. The molecule has 0 aliphatic carbocycles. The summed E-state index contributed by atoms with van der Waals surface area (Å²) in [6, 6.07) is 4.71. The van der Waals surface area contributed by atoms with Crippen molar-refractivity contribution in [2.24, 2.45) is 17.6 Å². The maximum Gasteiger partial charge on any atom is 0.410 e. The van der Waals surface area contributed by atoms with Crippen LogP contribution >= 0.6 is 11.3 Å². The van der Waals surface area contributed by atoms with Crippen molar-refractivity contribution in [1.29, 1.82) is 0 Å². The summed E-state index contributed by atoms with van der Waals surface area (Å²) in [6.45, 7) is 5.02. The molecule has 2 aromatic heterocycles. The van der Waals surface area contributed by atoms with E-state index in [4.69, 9.17) is 24.7 Å². The average Bonchev–Trinajstić information content (AvgIpc) is 3.23. The number of thiophene rings is 1. The molecule has 1 amide bonds. The molecule has 0 spiro atoms. The Bertz CT molecular complexity index is 1240. The number of aromatic nitrogens is 2. The zero-order valence-electron chi connectivity index (χ0n) is 19.7. The van der Waals surface area contributed by atoms with Crippen molar-refractivity contribution in [3.63, 3.8) is 0 Å². The van der Waals surface area contributed by atoms with Gasteiger partial charge >= 0.3 is 6.09 Å². The lowest BCUT2D eigenvalue weighted by molar-refractivity contribution is -0.171. The van der Waals surface area contributed by atoms with E-state index in [1.807, 2.05) is 19.2 Å². The van der Waals surface area contributed by atoms with Crippen molar-refractivity contribution in [3.05, 3.63) is 35.7 Å². The molecule has 2 aliphatic rings. The molecule has 0 saturated carbocycles. The Balaban J connectivity index is 1.44. The molecule has 2 unspecified atom stereocenters. The van der Waals surface area contributed by atoms with Gasteiger partial charge in [-0.2, -0.15) is 0 Å². The average molecular weight is 503 g/mol. The number of nitrogens with zero attached hydrogens (tertiary/aromatic N) is 3. The number of hydrogen-bond donors (Lipinski definition) is 1. The van der Waals surface area contributed by atoms with Gasteiger partial charge in [0.2, 0.25) is 5.88 Å². The van der Waals surface area contributed by atoms with E-state index in [9.17, 15) is 9.18 Å². The van der Waals surface area contributed by atoms with Crippen molar-refractivity contribution in [3.8, 4) is 22.8 Å². The van der Waals surface area contributed by atoms with E-state index in [-0.39, 0.29) is 24.0 Å². The second kappa shape index (κ2) is 9.21. The second-order valence-electron chi connectivity index (χ2n) is 9.08. The van der Waals surface area contributed by atoms with Crippen molar-refractivity contribution < 1.29 is 28.1 Å². The quantitative estimate of drug-likeness (QED) is 0.527. The third-order valence-electron chi connectivity index (χ3n) is 6.45. The zero-order valence-corrected chi connectivity index (χ0v) is 20.5. The third-order valence-corrected chi connectivity index (χ3v) is 7.41. The lowest BCUT2D eigenvalue weighted by atomic mass is 9.79. The van der Waals surface area contributed by atoms with E-state index in [0.717, 1.165) is 0 Å². The highest BCUT2D eigenvalue weighted by molar-refractivity contribution is 7.18. The molecule has 2 fully saturated rings. The standard InChI is InChI=1S/C24H27FN4O5S/c1-13(2)33-23(30)29-7-14-9-32-10-15(8-29)24(14,26)34-22-21-20(27-12-28-22)18(11-35-21)17-5-4-16(31-3)6-19(17)25/h4-6,11-15H,7-10,26H2,1-3H3. The van der Waals surface area contributed by atoms with Crippen LogP contribution in [0.5, 0.6) is 11.6 Å². The molecule has 11 heteroatoms. The lowest BCUT2D eigenvalue weighted by Gasteiger charge is -2.52. The van der Waals surface area contributed by atoms with Gasteiger partial charge in [-0.1, -0.05) is 0 Å². The van der Waals surface area contributed by atoms with E-state index in [1.54, 1.807) is 17.0 Å². The molecule has 9 nitrogen and oxygen atoms in total. The van der Waals surface area contributed by atoms with Gasteiger partial charge in [0.15, 0.2) is 5.72 Å². The van der Waals surface area contributed by atoms with Gasteiger partial charge in [-0.05, 0) is 26.0 Å². The Morgan fingerprint density at radius 2 is 2.00 bits per heavy atom. The molecule has 186 valence electrons. The maximum atomic E-state index is 14.8. The number of rotatable bonds is 5. The molecule has 0 radical (unpaired) electrons. The van der Waals surface area contributed by atoms with Crippen molar-refractivity contribution in [2.45, 2.75) is 25.7 Å². The van der Waals surface area contributed by atoms with Crippen LogP contribution in [0.4, 0.5) is 9.18 Å². The Morgan fingerprint density at radius 1 is 1.26 bits per heavy atom. The largest absolute Gasteiger partial charge is 0.497 e. The molecule has 2 atom stereocenters. The van der Waals surface area contributed by atoms with Crippen LogP contribution in [0, 0.1) is 17.7 Å². The van der Waals surface area contributed by atoms with Gasteiger partial charge in [-0.3, -0.25) is 5.73 Å². The molecule has 35 heavy (non-hydrogen) atoms. The fourth-order valence-electron chi connectivity index (χ4n) is 4.64. The van der Waals surface area contributed by atoms with Gasteiger partial charge in [-0.15, -0.1) is 11.3 Å². The Labute approximate surface area is 205 Å². The lowest BCUT2D eigenvalue weighted by Crippen LogP contribution is -2.71. The number of nitrogens with two attached hydrogens (primary N) is 1. The highest BCUT2D eigenvalue weighted by atomic mass is 32.1. The minimum atomic E-state index is -1.09. The first-order valence-corrected chi connectivity index (χ1v) is 12.3. The number of likely N-dealkylation sites (tertiary alicyclic amines) is 1. The molecule has 3 aromatic rings. The van der Waals surface area contributed by atoms with Crippen LogP contribution in [0.15, 0.2) is 29.9 Å². The fraction of sp³-hybridized carbons (Fsp3) is 0.458. The summed E-state index contributed by atoms with van der Waals surface area (Å²) in [5.74, 6) is -0.200. The number of amides is 1. The monoisotopic (exact) mass is 502 g/mol. The maximum absolute atomic E-state index is 14.8. The normalized spacial score (nSPS) is 24.0. The molecule has 2 bridgehead atoms. The van der Waals surface area contributed by atoms with E-state index in [0.29, 0.717) is 59.3 Å². The highest BCUT2D eigenvalue weighted by Gasteiger charge is 2.54. The number of hydrogen-bond acceptors (Lipinski definition) is 9. The SMILES string of the molecule is COc1ccc(-c2csc3c(OC4(N)C5COCC4CN(C(=O)OC(C)C)C5)ncnc23)c(F)c1. The summed E-state index contributed by atoms with van der Waals surface area (Å²) in [4.78, 5) is 22.9. The first-order chi connectivity index (χ1) is 16.8. The molecule has 1 aromatic carbocycles. The van der Waals surface area contributed by atoms with Crippen molar-refractivity contribution >= 4 is 27.6 Å². The predicted molar refractivity (Wildman–Crippen MR) is 128 cm³/mol. The summed E-state index contributed by atoms with van der Waals surface area (Å²) in [5, 5.41) is 1.83. The van der Waals surface area contributed by atoms with Crippen LogP contribution in [0.1, 0.15) is 13.8 Å². The Morgan fingerprint density at radius 3 is 2.66 bits per heavy atom. The third kappa shape index (κ3) is 4.28. The number of fused-ring (bicyclic) bond motifs is 3. The smallest absolute Gasteiger partial charge is 0.410 e. The Hall–Kier alpha value is -3.02. The minimum Gasteiger partial charge on any atom is -0.497 e. The molecular weight excluding hydrogens is 475 g/mol. The van der Waals surface area contributed by atoms with E-state index >= 15 is 0 Å². The van der Waals surface area contributed by atoms with Crippen molar-refractivity contribution in [1.82, 2.24) is 14.9 Å². The van der Waals surface area contributed by atoms with Crippen molar-refractivity contribution in [2.75, 3.05) is 33.4 Å². The summed E-state index contributed by atoms with van der Waals surface area (Å²) < 4.78 is 38.1. The predicted octanol–water partition coefficient (Wildman–Crippen LogP) is 3.66. The van der Waals surface area contributed by atoms with Gasteiger partial charge in [-0.25, -0.2) is 19.2 Å². The number of benzene rings is 1. The zero-order chi connectivity index (χ0) is 24.7. The van der Waals surface area contributed by atoms with Gasteiger partial charge in [0.25, 0.3) is 0 Å². The topological polar surface area (TPSA) is 109 Å². The number of ether oxygens (including phenoxy) is 4. The number of carbonyl (C=O) groups excluding carboxylic acids is 1. The van der Waals surface area contributed by atoms with E-state index < -0.39 is 11.5 Å². The van der Waals surface area contributed by atoms with Gasteiger partial charge in [0.1, 0.15) is 22.6 Å². The summed E-state index contributed by atoms with van der Waals surface area (Å²) in [5.41, 5.74) is 7.39. The molecule has 2 saturated heterocycles. The van der Waals surface area contributed by atoms with Crippen LogP contribution in [0.3, 0.4) is 0 Å². The van der Waals surface area contributed by atoms with E-state index in [2.05, 4.69) is 9.97 Å². The molecule has 4 heterocycles. The number of methoxy groups -OCH3 is 1. The Kier molecular flexibility index (Phi) is 6.24. The fourth-order valence-corrected chi connectivity index (χ4v) is 5.58. The molecular formula is C24H27FN4O5S. The number of halogens is 1. The summed E-state index contributed by atoms with van der Waals surface area (Å²) in [6.07, 6.45) is 0.810. The summed E-state index contributed by atoms with van der Waals surface area (Å²) >= 11 is 1.36. The first-order valence-electron chi connectivity index (χ1n) is 11.4. The minimum absolute atomic E-state index is 0.211. The van der Waals surface area contributed by atoms with Crippen LogP contribution in [0.2, 0.25) is 0 Å². The molecule has 5 rings (SSSR count). The van der Waals surface area contributed by atoms with Crippen LogP contribution in [0.25, 0.3) is 21.3 Å². The van der Waals surface area contributed by atoms with Crippen LogP contribution in [-0.2, 0) is 9.47 Å². The first kappa shape index (κ1) is 23.7. The highest BCUT2D eigenvalue weighted by Crippen LogP contribution is 2.42. The van der Waals surface area contributed by atoms with Gasteiger partial charge in [0, 0.05) is 35.7 Å². The molecule has 2 aliphatic heterocycles. The van der Waals surface area contributed by atoms with Gasteiger partial charge < -0.3 is 23.8 Å². The number of piperidine rings is 1. The summed E-state index contributed by atoms with van der Waals surface area (Å²) in [7, 11) is 1.49. The van der Waals surface area contributed by atoms with Gasteiger partial charge in [0.05, 0.1) is 43.8 Å². The van der Waals surface area contributed by atoms with Crippen LogP contribution in [-0.4, -0.2) is 66.2 Å². The van der Waals surface area contributed by atoms with Crippen LogP contribution < -0.4 is 15.2 Å². The number of carbonyl (C=O) groups is 1. The van der Waals surface area contributed by atoms with E-state index in [1.165, 1.54) is 30.8 Å². The second-order valence-corrected chi connectivity index (χ2v) is 9.96.